The van der Waals surface area contributed by atoms with Crippen LogP contribution in [0.3, 0.4) is 0 Å². The number of carbonyl (C=O) groups is 1. The Morgan fingerprint density at radius 3 is 2.59 bits per heavy atom. The van der Waals surface area contributed by atoms with E-state index in [2.05, 4.69) is 4.99 Å². The predicted octanol–water partition coefficient (Wildman–Crippen LogP) is 2.95. The average Bonchev–Trinajstić information content (AvgIpc) is 3.08. The first kappa shape index (κ1) is 21.7. The van der Waals surface area contributed by atoms with Crippen LogP contribution in [0.1, 0.15) is 31.0 Å². The molecule has 6 nitrogen and oxygen atoms in total. The Kier molecular flexibility index (Phi) is 6.05. The Balaban J connectivity index is 1.94. The lowest BCUT2D eigenvalue weighted by Gasteiger charge is -2.24. The van der Waals surface area contributed by atoms with Gasteiger partial charge in [0.2, 0.25) is 0 Å². The van der Waals surface area contributed by atoms with Crippen LogP contribution in [0.15, 0.2) is 69.6 Å². The highest BCUT2D eigenvalue weighted by molar-refractivity contribution is 7.07. The van der Waals surface area contributed by atoms with Crippen LogP contribution >= 0.6 is 11.3 Å². The molecule has 1 aliphatic rings. The molecule has 8 heteroatoms. The van der Waals surface area contributed by atoms with Crippen molar-refractivity contribution in [3.63, 3.8) is 0 Å². The normalized spacial score (nSPS) is 15.9. The Bertz CT molecular complexity index is 1390. The van der Waals surface area contributed by atoms with E-state index < -0.39 is 17.8 Å². The smallest absolute Gasteiger partial charge is 0.338 e. The number of nitrogens with zero attached hydrogens (tertiary/aromatic N) is 2. The zero-order chi connectivity index (χ0) is 22.8. The lowest BCUT2D eigenvalue weighted by atomic mass is 9.95. The fraction of sp³-hybridized carbons (Fsp3) is 0.208. The van der Waals surface area contributed by atoms with Crippen LogP contribution in [0.2, 0.25) is 0 Å². The molecule has 3 aromatic rings. The van der Waals surface area contributed by atoms with Crippen molar-refractivity contribution in [3.05, 3.63) is 96.4 Å². The summed E-state index contributed by atoms with van der Waals surface area (Å²) in [6.45, 7) is 3.51. The highest BCUT2D eigenvalue weighted by Crippen LogP contribution is 2.32. The van der Waals surface area contributed by atoms with Gasteiger partial charge in [0.1, 0.15) is 17.6 Å². The molecule has 164 valence electrons. The number of benzene rings is 2. The molecule has 0 spiro atoms. The van der Waals surface area contributed by atoms with Gasteiger partial charge < -0.3 is 9.47 Å². The highest BCUT2D eigenvalue weighted by Gasteiger charge is 2.34. The van der Waals surface area contributed by atoms with Crippen LogP contribution in [0, 0.1) is 5.82 Å². The maximum atomic E-state index is 14.8. The van der Waals surface area contributed by atoms with Gasteiger partial charge in [0, 0.05) is 5.56 Å². The fourth-order valence-corrected chi connectivity index (χ4v) is 4.68. The second-order valence-corrected chi connectivity index (χ2v) is 8.11. The molecule has 2 aromatic carbocycles. The quantitative estimate of drug-likeness (QED) is 0.558. The number of allylic oxidation sites excluding steroid dienone is 1. The van der Waals surface area contributed by atoms with Crippen LogP contribution in [0.4, 0.5) is 4.39 Å². The Morgan fingerprint density at radius 2 is 1.94 bits per heavy atom. The standard InChI is InChI=1S/C24H21FN2O4S/c1-4-31-23(29)20-14(2)26-24-27(21(20)17-7-5-6-8-18(17)25)22(28)19(32-24)13-15-9-11-16(30-3)12-10-15/h5-13,21H,4H2,1-3H3/b19-13+/t21-/m1/s1. The summed E-state index contributed by atoms with van der Waals surface area (Å²) < 4.78 is 27.0. The molecule has 0 saturated carbocycles. The molecule has 0 fully saturated rings. The summed E-state index contributed by atoms with van der Waals surface area (Å²) in [5.41, 5.74) is 1.21. The van der Waals surface area contributed by atoms with Crippen molar-refractivity contribution in [2.24, 2.45) is 4.99 Å². The lowest BCUT2D eigenvalue weighted by molar-refractivity contribution is -0.139. The van der Waals surface area contributed by atoms with Gasteiger partial charge in [-0.05, 0) is 43.7 Å². The summed E-state index contributed by atoms with van der Waals surface area (Å²) in [4.78, 5) is 31.1. The number of rotatable bonds is 5. The van der Waals surface area contributed by atoms with Crippen molar-refractivity contribution >= 4 is 23.4 Å². The number of ether oxygens (including phenoxy) is 2. The Hall–Kier alpha value is -3.52. The first-order valence-electron chi connectivity index (χ1n) is 10.0. The third-order valence-electron chi connectivity index (χ3n) is 5.13. The summed E-state index contributed by atoms with van der Waals surface area (Å²) in [6.07, 6.45) is 1.74. The highest BCUT2D eigenvalue weighted by atomic mass is 32.1. The third kappa shape index (κ3) is 3.89. The second kappa shape index (κ2) is 8.92. The molecule has 0 N–H and O–H groups in total. The van der Waals surface area contributed by atoms with Gasteiger partial charge in [-0.25, -0.2) is 14.2 Å². The molecule has 1 atom stereocenters. The fourth-order valence-electron chi connectivity index (χ4n) is 3.63. The second-order valence-electron chi connectivity index (χ2n) is 7.10. The van der Waals surface area contributed by atoms with Crippen LogP contribution < -0.4 is 19.6 Å². The molecule has 0 unspecified atom stereocenters. The molecule has 4 rings (SSSR count). The molecule has 0 radical (unpaired) electrons. The number of hydrogen-bond acceptors (Lipinski definition) is 6. The maximum absolute atomic E-state index is 14.8. The molecule has 0 amide bonds. The minimum atomic E-state index is -0.968. The molecule has 0 bridgehead atoms. The van der Waals surface area contributed by atoms with Crippen LogP contribution in [-0.2, 0) is 9.53 Å². The third-order valence-corrected chi connectivity index (χ3v) is 6.11. The molecular weight excluding hydrogens is 431 g/mol. The van der Waals surface area contributed by atoms with Gasteiger partial charge in [-0.2, -0.15) is 0 Å². The molecule has 0 saturated heterocycles. The number of fused-ring (bicyclic) bond motifs is 1. The van der Waals surface area contributed by atoms with Crippen molar-refractivity contribution < 1.29 is 18.7 Å². The van der Waals surface area contributed by atoms with Gasteiger partial charge in [-0.1, -0.05) is 41.7 Å². The number of carbonyl (C=O) groups excluding carboxylic acids is 1. The largest absolute Gasteiger partial charge is 0.497 e. The summed E-state index contributed by atoms with van der Waals surface area (Å²) in [5, 5.41) is 0. The SMILES string of the molecule is CCOC(=O)C1=C(C)N=c2s/c(=C/c3ccc(OC)cc3)c(=O)n2[C@@H]1c1ccccc1F. The van der Waals surface area contributed by atoms with E-state index in [-0.39, 0.29) is 23.3 Å². The predicted molar refractivity (Wildman–Crippen MR) is 120 cm³/mol. The monoisotopic (exact) mass is 452 g/mol. The van der Waals surface area contributed by atoms with Crippen LogP contribution in [-0.4, -0.2) is 24.3 Å². The number of hydrogen-bond donors (Lipinski definition) is 0. The summed E-state index contributed by atoms with van der Waals surface area (Å²) in [6, 6.07) is 12.4. The topological polar surface area (TPSA) is 69.9 Å². The molecular formula is C24H21FN2O4S. The first-order valence-corrected chi connectivity index (χ1v) is 10.8. The van der Waals surface area contributed by atoms with Crippen molar-refractivity contribution in [2.75, 3.05) is 13.7 Å². The summed E-state index contributed by atoms with van der Waals surface area (Å²) >= 11 is 1.19. The van der Waals surface area contributed by atoms with E-state index in [9.17, 15) is 14.0 Å². The van der Waals surface area contributed by atoms with E-state index >= 15 is 0 Å². The van der Waals surface area contributed by atoms with E-state index in [1.165, 1.54) is 22.0 Å². The average molecular weight is 453 g/mol. The number of halogens is 1. The van der Waals surface area contributed by atoms with E-state index in [4.69, 9.17) is 9.47 Å². The number of aromatic nitrogens is 1. The Morgan fingerprint density at radius 1 is 1.22 bits per heavy atom. The summed E-state index contributed by atoms with van der Waals surface area (Å²) in [7, 11) is 1.58. The molecule has 1 aliphatic heterocycles. The van der Waals surface area contributed by atoms with Gasteiger partial charge in [0.25, 0.3) is 5.56 Å². The van der Waals surface area contributed by atoms with Crippen LogP contribution in [0.5, 0.6) is 5.75 Å². The van der Waals surface area contributed by atoms with Crippen molar-refractivity contribution in [3.8, 4) is 5.75 Å². The number of thiazole rings is 1. The zero-order valence-corrected chi connectivity index (χ0v) is 18.6. The van der Waals surface area contributed by atoms with Crippen molar-refractivity contribution in [2.45, 2.75) is 19.9 Å². The van der Waals surface area contributed by atoms with Gasteiger partial charge in [0.15, 0.2) is 4.80 Å². The number of methoxy groups -OCH3 is 1. The summed E-state index contributed by atoms with van der Waals surface area (Å²) in [5.74, 6) is -0.428. The molecule has 0 aliphatic carbocycles. The van der Waals surface area contributed by atoms with Gasteiger partial charge in [-0.15, -0.1) is 0 Å². The van der Waals surface area contributed by atoms with E-state index in [0.717, 1.165) is 5.56 Å². The minimum Gasteiger partial charge on any atom is -0.497 e. The first-order chi connectivity index (χ1) is 15.4. The molecule has 32 heavy (non-hydrogen) atoms. The van der Waals surface area contributed by atoms with Crippen molar-refractivity contribution in [1.82, 2.24) is 4.57 Å². The van der Waals surface area contributed by atoms with Gasteiger partial charge >= 0.3 is 5.97 Å². The van der Waals surface area contributed by atoms with Gasteiger partial charge in [-0.3, -0.25) is 9.36 Å². The molecule has 1 aromatic heterocycles. The number of esters is 1. The van der Waals surface area contributed by atoms with Crippen LogP contribution in [0.25, 0.3) is 6.08 Å². The van der Waals surface area contributed by atoms with E-state index in [1.54, 1.807) is 57.4 Å². The maximum Gasteiger partial charge on any atom is 0.338 e. The Labute approximate surface area is 187 Å². The zero-order valence-electron chi connectivity index (χ0n) is 17.8. The van der Waals surface area contributed by atoms with E-state index in [0.29, 0.717) is 20.8 Å². The lowest BCUT2D eigenvalue weighted by Crippen LogP contribution is -2.40. The van der Waals surface area contributed by atoms with Crippen molar-refractivity contribution in [1.29, 1.82) is 0 Å². The minimum absolute atomic E-state index is 0.153. The van der Waals surface area contributed by atoms with E-state index in [1.807, 2.05) is 12.1 Å². The molecule has 2 heterocycles. The van der Waals surface area contributed by atoms with Gasteiger partial charge in [0.05, 0.1) is 29.5 Å².